The Hall–Kier alpha value is -1.13. The van der Waals surface area contributed by atoms with Gasteiger partial charge in [0.1, 0.15) is 11.6 Å². The highest BCUT2D eigenvalue weighted by Gasteiger charge is 2.13. The molecule has 0 amide bonds. The molecule has 0 saturated heterocycles. The first-order chi connectivity index (χ1) is 7.54. The summed E-state index contributed by atoms with van der Waals surface area (Å²) >= 11 is 0. The predicted octanol–water partition coefficient (Wildman–Crippen LogP) is 2.26. The molecule has 1 rings (SSSR count). The van der Waals surface area contributed by atoms with E-state index >= 15 is 0 Å². The molecule has 1 aromatic carbocycles. The standard InChI is InChI=1S/C12H18FNO2/c1-8(2)16-7-11(14)10-6-9(13)4-5-12(10)15-3/h4-6,8,11H,7,14H2,1-3H3. The fraction of sp³-hybridized carbons (Fsp3) is 0.500. The summed E-state index contributed by atoms with van der Waals surface area (Å²) in [4.78, 5) is 0. The van der Waals surface area contributed by atoms with Crippen molar-refractivity contribution in [2.75, 3.05) is 13.7 Å². The molecular weight excluding hydrogens is 209 g/mol. The van der Waals surface area contributed by atoms with Crippen LogP contribution < -0.4 is 10.5 Å². The van der Waals surface area contributed by atoms with E-state index < -0.39 is 0 Å². The first kappa shape index (κ1) is 12.9. The van der Waals surface area contributed by atoms with Crippen molar-refractivity contribution in [3.63, 3.8) is 0 Å². The number of methoxy groups -OCH3 is 1. The van der Waals surface area contributed by atoms with E-state index in [4.69, 9.17) is 15.2 Å². The van der Waals surface area contributed by atoms with Gasteiger partial charge in [0.05, 0.1) is 25.9 Å². The van der Waals surface area contributed by atoms with Crippen molar-refractivity contribution in [1.29, 1.82) is 0 Å². The molecule has 3 nitrogen and oxygen atoms in total. The highest BCUT2D eigenvalue weighted by molar-refractivity contribution is 5.36. The average molecular weight is 227 g/mol. The lowest BCUT2D eigenvalue weighted by Gasteiger charge is -2.17. The lowest BCUT2D eigenvalue weighted by atomic mass is 10.1. The molecule has 90 valence electrons. The quantitative estimate of drug-likeness (QED) is 0.839. The summed E-state index contributed by atoms with van der Waals surface area (Å²) in [5, 5.41) is 0. The van der Waals surface area contributed by atoms with Crippen molar-refractivity contribution in [3.05, 3.63) is 29.6 Å². The van der Waals surface area contributed by atoms with Gasteiger partial charge in [0, 0.05) is 5.56 Å². The topological polar surface area (TPSA) is 44.5 Å². The Bertz CT molecular complexity index is 342. The number of halogens is 1. The number of hydrogen-bond donors (Lipinski definition) is 1. The molecule has 0 saturated carbocycles. The van der Waals surface area contributed by atoms with Crippen LogP contribution in [0, 0.1) is 5.82 Å². The molecule has 0 aliphatic rings. The van der Waals surface area contributed by atoms with Gasteiger partial charge in [0.2, 0.25) is 0 Å². The van der Waals surface area contributed by atoms with Crippen LogP contribution in [0.5, 0.6) is 5.75 Å². The summed E-state index contributed by atoms with van der Waals surface area (Å²) in [6.45, 7) is 4.20. The molecule has 1 aromatic rings. The molecular formula is C12H18FNO2. The van der Waals surface area contributed by atoms with Gasteiger partial charge >= 0.3 is 0 Å². The Balaban J connectivity index is 2.80. The lowest BCUT2D eigenvalue weighted by Crippen LogP contribution is -2.20. The van der Waals surface area contributed by atoms with Crippen LogP contribution in [0.15, 0.2) is 18.2 Å². The summed E-state index contributed by atoms with van der Waals surface area (Å²) in [5.74, 6) is 0.261. The van der Waals surface area contributed by atoms with Gasteiger partial charge < -0.3 is 15.2 Å². The fourth-order valence-corrected chi connectivity index (χ4v) is 1.38. The minimum atomic E-state index is -0.381. The maximum absolute atomic E-state index is 13.1. The van der Waals surface area contributed by atoms with E-state index in [0.717, 1.165) is 0 Å². The average Bonchev–Trinajstić information content (AvgIpc) is 2.25. The van der Waals surface area contributed by atoms with E-state index in [1.807, 2.05) is 13.8 Å². The highest BCUT2D eigenvalue weighted by Crippen LogP contribution is 2.24. The second-order valence-electron chi connectivity index (χ2n) is 3.87. The molecule has 1 unspecified atom stereocenters. The Morgan fingerprint density at radius 1 is 1.38 bits per heavy atom. The second kappa shape index (κ2) is 5.82. The summed E-state index contributed by atoms with van der Waals surface area (Å²) in [5.41, 5.74) is 6.54. The minimum Gasteiger partial charge on any atom is -0.496 e. The van der Waals surface area contributed by atoms with Gasteiger partial charge in [-0.05, 0) is 32.0 Å². The molecule has 4 heteroatoms. The van der Waals surface area contributed by atoms with Gasteiger partial charge in [-0.25, -0.2) is 4.39 Å². The molecule has 0 spiro atoms. The van der Waals surface area contributed by atoms with Gasteiger partial charge in [-0.15, -0.1) is 0 Å². The third-order valence-corrected chi connectivity index (χ3v) is 2.20. The van der Waals surface area contributed by atoms with Gasteiger partial charge in [0.25, 0.3) is 0 Å². The van der Waals surface area contributed by atoms with Crippen molar-refractivity contribution in [3.8, 4) is 5.75 Å². The van der Waals surface area contributed by atoms with Crippen LogP contribution in [-0.4, -0.2) is 19.8 Å². The van der Waals surface area contributed by atoms with Gasteiger partial charge in [-0.2, -0.15) is 0 Å². The van der Waals surface area contributed by atoms with E-state index in [0.29, 0.717) is 17.9 Å². The Morgan fingerprint density at radius 3 is 2.62 bits per heavy atom. The normalized spacial score (nSPS) is 12.9. The van der Waals surface area contributed by atoms with E-state index in [9.17, 15) is 4.39 Å². The van der Waals surface area contributed by atoms with Crippen LogP contribution in [0.1, 0.15) is 25.5 Å². The minimum absolute atomic E-state index is 0.102. The van der Waals surface area contributed by atoms with E-state index in [-0.39, 0.29) is 18.0 Å². The molecule has 16 heavy (non-hydrogen) atoms. The fourth-order valence-electron chi connectivity index (χ4n) is 1.38. The van der Waals surface area contributed by atoms with Crippen molar-refractivity contribution in [2.45, 2.75) is 26.0 Å². The van der Waals surface area contributed by atoms with Crippen molar-refractivity contribution < 1.29 is 13.9 Å². The number of benzene rings is 1. The van der Waals surface area contributed by atoms with Crippen LogP contribution in [0.3, 0.4) is 0 Å². The van der Waals surface area contributed by atoms with Crippen molar-refractivity contribution in [1.82, 2.24) is 0 Å². The summed E-state index contributed by atoms with van der Waals surface area (Å²) in [6.07, 6.45) is 0.102. The molecule has 0 bridgehead atoms. The van der Waals surface area contributed by atoms with Crippen LogP contribution in [0.25, 0.3) is 0 Å². The number of ether oxygens (including phenoxy) is 2. The number of rotatable bonds is 5. The number of hydrogen-bond acceptors (Lipinski definition) is 3. The molecule has 0 radical (unpaired) electrons. The number of nitrogens with two attached hydrogens (primary N) is 1. The van der Waals surface area contributed by atoms with Crippen LogP contribution in [0.4, 0.5) is 4.39 Å². The van der Waals surface area contributed by atoms with Gasteiger partial charge in [-0.3, -0.25) is 0 Å². The molecule has 0 fully saturated rings. The van der Waals surface area contributed by atoms with E-state index in [1.165, 1.54) is 19.2 Å². The maximum Gasteiger partial charge on any atom is 0.123 e. The monoisotopic (exact) mass is 227 g/mol. The molecule has 0 aliphatic heterocycles. The molecule has 0 aromatic heterocycles. The summed E-state index contributed by atoms with van der Waals surface area (Å²) < 4.78 is 23.6. The van der Waals surface area contributed by atoms with Crippen molar-refractivity contribution in [2.24, 2.45) is 5.73 Å². The van der Waals surface area contributed by atoms with E-state index in [1.54, 1.807) is 6.07 Å². The summed E-state index contributed by atoms with van der Waals surface area (Å²) in [6, 6.07) is 3.92. The van der Waals surface area contributed by atoms with Crippen molar-refractivity contribution >= 4 is 0 Å². The van der Waals surface area contributed by atoms with Crippen LogP contribution >= 0.6 is 0 Å². The van der Waals surface area contributed by atoms with Crippen LogP contribution in [0.2, 0.25) is 0 Å². The molecule has 0 heterocycles. The third-order valence-electron chi connectivity index (χ3n) is 2.20. The Labute approximate surface area is 95.4 Å². The SMILES string of the molecule is COc1ccc(F)cc1C(N)COC(C)C. The summed E-state index contributed by atoms with van der Waals surface area (Å²) in [7, 11) is 1.53. The Morgan fingerprint density at radius 2 is 2.06 bits per heavy atom. The smallest absolute Gasteiger partial charge is 0.123 e. The second-order valence-corrected chi connectivity index (χ2v) is 3.87. The lowest BCUT2D eigenvalue weighted by molar-refractivity contribution is 0.0678. The third kappa shape index (κ3) is 3.47. The predicted molar refractivity (Wildman–Crippen MR) is 61.0 cm³/mol. The van der Waals surface area contributed by atoms with Gasteiger partial charge in [0.15, 0.2) is 0 Å². The zero-order valence-corrected chi connectivity index (χ0v) is 9.87. The van der Waals surface area contributed by atoms with E-state index in [2.05, 4.69) is 0 Å². The maximum atomic E-state index is 13.1. The highest BCUT2D eigenvalue weighted by atomic mass is 19.1. The first-order valence-corrected chi connectivity index (χ1v) is 5.25. The first-order valence-electron chi connectivity index (χ1n) is 5.25. The van der Waals surface area contributed by atoms with Crippen LogP contribution in [-0.2, 0) is 4.74 Å². The zero-order chi connectivity index (χ0) is 12.1. The molecule has 1 atom stereocenters. The molecule has 2 N–H and O–H groups in total. The van der Waals surface area contributed by atoms with Gasteiger partial charge in [-0.1, -0.05) is 0 Å². The Kier molecular flexibility index (Phi) is 4.71. The zero-order valence-electron chi connectivity index (χ0n) is 9.87. The largest absolute Gasteiger partial charge is 0.496 e. The molecule has 0 aliphatic carbocycles.